The lowest BCUT2D eigenvalue weighted by Crippen LogP contribution is -2.64. The summed E-state index contributed by atoms with van der Waals surface area (Å²) in [6.45, 7) is 16.2. The van der Waals surface area contributed by atoms with E-state index in [2.05, 4.69) is 58.0 Å². The normalized spacial score (nSPS) is 24.7. The van der Waals surface area contributed by atoms with Crippen molar-refractivity contribution in [2.24, 2.45) is 0 Å². The van der Waals surface area contributed by atoms with E-state index in [0.29, 0.717) is 65.3 Å². The molecule has 15 heteroatoms. The van der Waals surface area contributed by atoms with Crippen molar-refractivity contribution in [2.45, 2.75) is 127 Å². The third-order valence-electron chi connectivity index (χ3n) is 14.7. The van der Waals surface area contributed by atoms with Crippen molar-refractivity contribution in [3.8, 4) is 34.6 Å². The van der Waals surface area contributed by atoms with Crippen LogP contribution in [-0.2, 0) is 0 Å². The molecule has 5 atom stereocenters. The molecule has 5 aliphatic heterocycles. The summed E-state index contributed by atoms with van der Waals surface area (Å²) in [5.74, 6) is 2.27. The number of aromatic nitrogens is 3. The number of halogens is 4. The van der Waals surface area contributed by atoms with Crippen LogP contribution in [0.2, 0.25) is 16.6 Å². The summed E-state index contributed by atoms with van der Waals surface area (Å²) in [6.07, 6.45) is -0.743. The topological polar surface area (TPSA) is 104 Å². The monoisotopic (exact) mass is 856 g/mol. The summed E-state index contributed by atoms with van der Waals surface area (Å²) in [4.78, 5) is 32.5. The Morgan fingerprint density at radius 2 is 1.77 bits per heavy atom. The van der Waals surface area contributed by atoms with Crippen molar-refractivity contribution in [2.75, 3.05) is 31.1 Å². The quantitative estimate of drug-likeness (QED) is 0.111. The van der Waals surface area contributed by atoms with Gasteiger partial charge in [-0.25, -0.2) is 18.6 Å². The fourth-order valence-corrected chi connectivity index (χ4v) is 17.2. The predicted octanol–water partition coefficient (Wildman–Crippen LogP) is 9.94. The summed E-state index contributed by atoms with van der Waals surface area (Å²) in [5.41, 5.74) is 3.68. The molecule has 1 N–H and O–H groups in total. The molecule has 2 bridgehead atoms. The molecule has 322 valence electrons. The highest BCUT2D eigenvalue weighted by Crippen LogP contribution is 2.49. The summed E-state index contributed by atoms with van der Waals surface area (Å²) in [5, 5.41) is 11.5. The van der Waals surface area contributed by atoms with Gasteiger partial charge < -0.3 is 19.5 Å². The number of carbonyl (C=O) groups is 1. The third kappa shape index (κ3) is 6.28. The molecular formula is C46H52F4N6O4Si. The van der Waals surface area contributed by atoms with Gasteiger partial charge in [0.2, 0.25) is 5.88 Å². The molecule has 2 aromatic carbocycles. The molecule has 61 heavy (non-hydrogen) atoms. The fourth-order valence-electron chi connectivity index (χ4n) is 12.0. The third-order valence-corrected chi connectivity index (χ3v) is 21.0. The number of hydrogen-bond acceptors (Lipinski definition) is 8. The van der Waals surface area contributed by atoms with E-state index in [0.717, 1.165) is 6.42 Å². The van der Waals surface area contributed by atoms with Crippen LogP contribution in [0.3, 0.4) is 0 Å². The summed E-state index contributed by atoms with van der Waals surface area (Å²) >= 11 is 0. The number of nitrogens with zero attached hydrogens (tertiary/aromatic N) is 6. The van der Waals surface area contributed by atoms with Gasteiger partial charge in [-0.3, -0.25) is 9.80 Å². The number of anilines is 1. The van der Waals surface area contributed by atoms with Gasteiger partial charge in [-0.1, -0.05) is 71.7 Å². The number of pyridine rings is 1. The molecule has 4 fully saturated rings. The molecule has 4 saturated heterocycles. The lowest BCUT2D eigenvalue weighted by atomic mass is 9.90. The molecule has 10 nitrogen and oxygen atoms in total. The molecular weight excluding hydrogens is 805 g/mol. The molecule has 5 aliphatic rings. The zero-order chi connectivity index (χ0) is 43.3. The van der Waals surface area contributed by atoms with E-state index in [1.807, 2.05) is 22.8 Å². The van der Waals surface area contributed by atoms with Gasteiger partial charge in [0.15, 0.2) is 5.82 Å². The van der Waals surface area contributed by atoms with Crippen LogP contribution in [0.15, 0.2) is 42.0 Å². The Hall–Kier alpha value is -4.94. The van der Waals surface area contributed by atoms with E-state index in [9.17, 15) is 18.7 Å². The van der Waals surface area contributed by atoms with E-state index in [1.165, 1.54) is 11.0 Å². The number of carboxylic acid groups (broad SMARTS) is 1. The van der Waals surface area contributed by atoms with Gasteiger partial charge in [-0.05, 0) is 73.6 Å². The predicted molar refractivity (Wildman–Crippen MR) is 229 cm³/mol. The van der Waals surface area contributed by atoms with Crippen LogP contribution in [0.4, 0.5) is 28.2 Å². The lowest BCUT2D eigenvalue weighted by Gasteiger charge is -2.47. The Labute approximate surface area is 354 Å². The first-order chi connectivity index (χ1) is 29.1. The number of rotatable bonds is 7. The molecule has 4 aromatic rings. The number of amides is 1. The average molecular weight is 857 g/mol. The minimum atomic E-state index is -2.33. The van der Waals surface area contributed by atoms with Crippen molar-refractivity contribution in [3.05, 3.63) is 59.2 Å². The molecule has 0 radical (unpaired) electrons. The summed E-state index contributed by atoms with van der Waals surface area (Å²) in [7, 11) is -2.33. The van der Waals surface area contributed by atoms with Gasteiger partial charge in [0.1, 0.15) is 49.0 Å². The first-order valence-corrected chi connectivity index (χ1v) is 23.8. The second kappa shape index (κ2) is 15.1. The van der Waals surface area contributed by atoms with E-state index >= 15 is 8.78 Å². The average Bonchev–Trinajstić information content (AvgIpc) is 3.86. The second-order valence-corrected chi connectivity index (χ2v) is 24.0. The zero-order valence-corrected chi connectivity index (χ0v) is 36.7. The highest BCUT2D eigenvalue weighted by atomic mass is 28.3. The highest BCUT2D eigenvalue weighted by Gasteiger charge is 2.54. The van der Waals surface area contributed by atoms with Gasteiger partial charge in [-0.2, -0.15) is 18.7 Å². The maximum absolute atomic E-state index is 17.8. The lowest BCUT2D eigenvalue weighted by molar-refractivity contribution is 0.0706. The minimum Gasteiger partial charge on any atom is -0.472 e. The maximum Gasteiger partial charge on any atom is 0.407 e. The SMILES string of the molecule is CC1Oc2nc(-c3cccc4ccc(F)c(C#C[Si](C(C)C)(C(C)C)C(C)C)c34)c(F)c3nc(OCC45CCCN4CCC5=C(F)F)nc(c23)N2CC3CCC(C12)N3C(=O)O. The fraction of sp³-hybridized carbons (Fsp3) is 0.522. The van der Waals surface area contributed by atoms with Crippen LogP contribution >= 0.6 is 0 Å². The van der Waals surface area contributed by atoms with Gasteiger partial charge in [0.05, 0.1) is 29.2 Å². The minimum absolute atomic E-state index is 0.0422. The standard InChI is InChI=1S/C46H52F4N6O4Si/c1-24(2)61(25(3)4,26(5)6)21-17-30-33(47)14-12-28-10-8-11-31(35(28)30)38-37(48)39-36-42(53-44(52-39)59-23-46-18-9-19-54(46)20-16-32(46)41(49)50)55-22-29-13-15-34(56(29)45(57)58)40(55)27(7)60-43(36)51-38/h8,10-12,14,24-27,29,34,40H,9,13,15-16,18-20,22-23H2,1-7H3,(H,57,58). The largest absolute Gasteiger partial charge is 0.472 e. The van der Waals surface area contributed by atoms with Gasteiger partial charge in [0.25, 0.3) is 6.08 Å². The van der Waals surface area contributed by atoms with Gasteiger partial charge in [0, 0.05) is 29.6 Å². The Morgan fingerprint density at radius 3 is 2.48 bits per heavy atom. The second-order valence-electron chi connectivity index (χ2n) is 18.5. The van der Waals surface area contributed by atoms with E-state index in [4.69, 9.17) is 19.4 Å². The Bertz CT molecular complexity index is 2530. The molecule has 0 spiro atoms. The Morgan fingerprint density at radius 1 is 1.02 bits per heavy atom. The van der Waals surface area contributed by atoms with Gasteiger partial charge in [-0.15, -0.1) is 5.54 Å². The van der Waals surface area contributed by atoms with Crippen LogP contribution in [0.5, 0.6) is 11.9 Å². The zero-order valence-electron chi connectivity index (χ0n) is 35.7. The van der Waals surface area contributed by atoms with Crippen molar-refractivity contribution in [1.29, 1.82) is 0 Å². The van der Waals surface area contributed by atoms with E-state index < -0.39 is 55.6 Å². The van der Waals surface area contributed by atoms with Crippen molar-refractivity contribution >= 4 is 41.7 Å². The molecule has 0 saturated carbocycles. The Balaban J connectivity index is 1.26. The van der Waals surface area contributed by atoms with E-state index in [1.54, 1.807) is 18.2 Å². The van der Waals surface area contributed by atoms with Crippen molar-refractivity contribution < 1.29 is 36.9 Å². The van der Waals surface area contributed by atoms with Crippen LogP contribution in [0.1, 0.15) is 86.1 Å². The first kappa shape index (κ1) is 41.4. The number of piperazine rings is 1. The number of benzene rings is 2. The number of hydrogen-bond donors (Lipinski definition) is 1. The smallest absolute Gasteiger partial charge is 0.407 e. The molecule has 2 aromatic heterocycles. The molecule has 7 heterocycles. The molecule has 1 amide bonds. The molecule has 5 unspecified atom stereocenters. The van der Waals surface area contributed by atoms with Crippen LogP contribution in [0.25, 0.3) is 32.9 Å². The molecule has 0 aliphatic carbocycles. The molecule has 9 rings (SSSR count). The number of fused-ring (bicyclic) bond motifs is 7. The van der Waals surface area contributed by atoms with E-state index in [-0.39, 0.29) is 71.1 Å². The number of ether oxygens (including phenoxy) is 2. The van der Waals surface area contributed by atoms with Crippen LogP contribution in [0, 0.1) is 23.1 Å². The first-order valence-electron chi connectivity index (χ1n) is 21.6. The van der Waals surface area contributed by atoms with Crippen LogP contribution < -0.4 is 14.4 Å². The highest BCUT2D eigenvalue weighted by molar-refractivity contribution is 6.90. The maximum atomic E-state index is 17.8. The van der Waals surface area contributed by atoms with Crippen molar-refractivity contribution in [1.82, 2.24) is 24.8 Å². The van der Waals surface area contributed by atoms with Crippen molar-refractivity contribution in [3.63, 3.8) is 0 Å². The summed E-state index contributed by atoms with van der Waals surface area (Å²) < 4.78 is 75.9. The van der Waals surface area contributed by atoms with Crippen LogP contribution in [-0.4, -0.2) is 100 Å². The summed E-state index contributed by atoms with van der Waals surface area (Å²) in [6, 6.07) is 6.78. The Kier molecular flexibility index (Phi) is 10.3. The van der Waals surface area contributed by atoms with Gasteiger partial charge >= 0.3 is 12.1 Å².